The predicted octanol–water partition coefficient (Wildman–Crippen LogP) is 1.26. The summed E-state index contributed by atoms with van der Waals surface area (Å²) in [6, 6.07) is 7.30. The van der Waals surface area contributed by atoms with E-state index in [-0.39, 0.29) is 11.8 Å². The van der Waals surface area contributed by atoms with Gasteiger partial charge in [-0.3, -0.25) is 4.90 Å². The van der Waals surface area contributed by atoms with Crippen LogP contribution in [-0.4, -0.2) is 43.3 Å². The maximum Gasteiger partial charge on any atom is 0.127 e. The van der Waals surface area contributed by atoms with Crippen LogP contribution in [0.1, 0.15) is 18.0 Å². The zero-order valence-corrected chi connectivity index (χ0v) is 11.1. The van der Waals surface area contributed by atoms with Gasteiger partial charge in [-0.2, -0.15) is 5.26 Å². The van der Waals surface area contributed by atoms with E-state index in [0.717, 1.165) is 26.2 Å². The van der Waals surface area contributed by atoms with E-state index < -0.39 is 0 Å². The van der Waals surface area contributed by atoms with Gasteiger partial charge in [-0.05, 0) is 12.1 Å². The summed E-state index contributed by atoms with van der Waals surface area (Å²) in [6.07, 6.45) is 0.341. The van der Waals surface area contributed by atoms with Crippen molar-refractivity contribution < 1.29 is 9.84 Å². The van der Waals surface area contributed by atoms with Gasteiger partial charge in [0.05, 0.1) is 31.2 Å². The molecule has 0 aromatic heterocycles. The van der Waals surface area contributed by atoms with Crippen LogP contribution < -0.4 is 10.1 Å². The van der Waals surface area contributed by atoms with Gasteiger partial charge in [0.15, 0.2) is 0 Å². The monoisotopic (exact) mass is 261 g/mol. The highest BCUT2D eigenvalue weighted by Crippen LogP contribution is 2.38. The summed E-state index contributed by atoms with van der Waals surface area (Å²) in [7, 11) is 1.58. The minimum absolute atomic E-state index is 0.122. The van der Waals surface area contributed by atoms with Crippen LogP contribution in [0.5, 0.6) is 11.5 Å². The highest BCUT2D eigenvalue weighted by Gasteiger charge is 2.27. The van der Waals surface area contributed by atoms with Gasteiger partial charge in [-0.15, -0.1) is 0 Å². The number of methoxy groups -OCH3 is 1. The molecular weight excluding hydrogens is 242 g/mol. The van der Waals surface area contributed by atoms with Crippen LogP contribution in [-0.2, 0) is 0 Å². The minimum atomic E-state index is -0.122. The van der Waals surface area contributed by atoms with Crippen molar-refractivity contribution in [2.45, 2.75) is 12.5 Å². The fraction of sp³-hybridized carbons (Fsp3) is 0.500. The standard InChI is InChI=1S/C14H19N3O2/c1-19-13-4-2-3-12(18)14(13)11(5-6-15)17-9-7-16-8-10-17/h2-4,11,16,18H,5,7-10H2,1H3/t11-/m0/s1. The summed E-state index contributed by atoms with van der Waals surface area (Å²) in [5.41, 5.74) is 0.716. The second-order valence-corrected chi connectivity index (χ2v) is 4.56. The number of hydrogen-bond acceptors (Lipinski definition) is 5. The third-order valence-electron chi connectivity index (χ3n) is 3.47. The quantitative estimate of drug-likeness (QED) is 0.854. The Morgan fingerprint density at radius 2 is 2.21 bits per heavy atom. The van der Waals surface area contributed by atoms with Crippen LogP contribution in [0.25, 0.3) is 0 Å². The van der Waals surface area contributed by atoms with E-state index >= 15 is 0 Å². The SMILES string of the molecule is COc1cccc(O)c1[C@H](CC#N)N1CCNCC1. The largest absolute Gasteiger partial charge is 0.507 e. The van der Waals surface area contributed by atoms with Crippen molar-refractivity contribution in [2.24, 2.45) is 0 Å². The minimum Gasteiger partial charge on any atom is -0.507 e. The first-order chi connectivity index (χ1) is 9.27. The van der Waals surface area contributed by atoms with Crippen LogP contribution in [0, 0.1) is 11.3 Å². The maximum atomic E-state index is 10.1. The molecule has 5 nitrogen and oxygen atoms in total. The maximum absolute atomic E-state index is 10.1. The lowest BCUT2D eigenvalue weighted by Gasteiger charge is -2.34. The van der Waals surface area contributed by atoms with Crippen molar-refractivity contribution in [1.29, 1.82) is 5.26 Å². The topological polar surface area (TPSA) is 68.5 Å². The Morgan fingerprint density at radius 3 is 2.84 bits per heavy atom. The van der Waals surface area contributed by atoms with Gasteiger partial charge in [-0.1, -0.05) is 6.07 Å². The lowest BCUT2D eigenvalue weighted by Crippen LogP contribution is -2.45. The molecule has 1 heterocycles. The second kappa shape index (κ2) is 6.41. The zero-order valence-electron chi connectivity index (χ0n) is 11.1. The molecular formula is C14H19N3O2. The molecule has 1 aliphatic heterocycles. The number of nitrogens with zero attached hydrogens (tertiary/aromatic N) is 2. The molecule has 0 bridgehead atoms. The van der Waals surface area contributed by atoms with E-state index in [1.54, 1.807) is 19.2 Å². The number of nitriles is 1. The van der Waals surface area contributed by atoms with Crippen LogP contribution in [0.2, 0.25) is 0 Å². The number of piperazine rings is 1. The highest BCUT2D eigenvalue weighted by molar-refractivity contribution is 5.46. The molecule has 0 spiro atoms. The van der Waals surface area contributed by atoms with Gasteiger partial charge in [0.1, 0.15) is 11.5 Å². The molecule has 0 saturated carbocycles. The lowest BCUT2D eigenvalue weighted by atomic mass is 9.99. The number of nitrogens with one attached hydrogen (secondary N) is 1. The Balaban J connectivity index is 2.35. The molecule has 0 unspecified atom stereocenters. The van der Waals surface area contributed by atoms with Crippen molar-refractivity contribution in [2.75, 3.05) is 33.3 Å². The summed E-state index contributed by atoms with van der Waals surface area (Å²) in [5, 5.41) is 22.5. The Morgan fingerprint density at radius 1 is 1.47 bits per heavy atom. The number of aromatic hydroxyl groups is 1. The van der Waals surface area contributed by atoms with E-state index in [1.807, 2.05) is 6.07 Å². The number of phenols is 1. The molecule has 0 radical (unpaired) electrons. The lowest BCUT2D eigenvalue weighted by molar-refractivity contribution is 0.170. The second-order valence-electron chi connectivity index (χ2n) is 4.56. The summed E-state index contributed by atoms with van der Waals surface area (Å²) in [6.45, 7) is 3.53. The average molecular weight is 261 g/mol. The van der Waals surface area contributed by atoms with Crippen LogP contribution in [0.3, 0.4) is 0 Å². The first-order valence-electron chi connectivity index (χ1n) is 6.45. The predicted molar refractivity (Wildman–Crippen MR) is 72.1 cm³/mol. The van der Waals surface area contributed by atoms with E-state index in [4.69, 9.17) is 10.00 Å². The van der Waals surface area contributed by atoms with Crippen LogP contribution in [0.4, 0.5) is 0 Å². The number of phenolic OH excluding ortho intramolecular Hbond substituents is 1. The normalized spacial score (nSPS) is 17.7. The number of rotatable bonds is 4. The third kappa shape index (κ3) is 2.98. The molecule has 1 fully saturated rings. The number of hydrogen-bond donors (Lipinski definition) is 2. The first kappa shape index (κ1) is 13.7. The fourth-order valence-corrected chi connectivity index (χ4v) is 2.54. The summed E-state index contributed by atoms with van der Waals surface area (Å²) in [4.78, 5) is 2.22. The third-order valence-corrected chi connectivity index (χ3v) is 3.47. The van der Waals surface area contributed by atoms with E-state index in [0.29, 0.717) is 17.7 Å². The molecule has 2 N–H and O–H groups in total. The smallest absolute Gasteiger partial charge is 0.127 e. The Labute approximate surface area is 113 Å². The van der Waals surface area contributed by atoms with Crippen molar-refractivity contribution in [3.05, 3.63) is 23.8 Å². The number of ether oxygens (including phenoxy) is 1. The molecule has 102 valence electrons. The van der Waals surface area contributed by atoms with Crippen molar-refractivity contribution in [3.8, 4) is 17.6 Å². The van der Waals surface area contributed by atoms with Gasteiger partial charge in [0, 0.05) is 26.2 Å². The van der Waals surface area contributed by atoms with E-state index in [9.17, 15) is 5.11 Å². The summed E-state index contributed by atoms with van der Waals surface area (Å²) in [5.74, 6) is 0.830. The molecule has 0 aliphatic carbocycles. The molecule has 2 rings (SSSR count). The van der Waals surface area contributed by atoms with Gasteiger partial charge in [0.25, 0.3) is 0 Å². The molecule has 1 aromatic rings. The van der Waals surface area contributed by atoms with Gasteiger partial charge in [0.2, 0.25) is 0 Å². The first-order valence-corrected chi connectivity index (χ1v) is 6.45. The van der Waals surface area contributed by atoms with Crippen molar-refractivity contribution in [3.63, 3.8) is 0 Å². The number of benzene rings is 1. The molecule has 19 heavy (non-hydrogen) atoms. The molecule has 1 aromatic carbocycles. The summed E-state index contributed by atoms with van der Waals surface area (Å²) >= 11 is 0. The Kier molecular flexibility index (Phi) is 4.61. The molecule has 5 heteroatoms. The van der Waals surface area contributed by atoms with Gasteiger partial charge >= 0.3 is 0 Å². The van der Waals surface area contributed by atoms with Gasteiger partial charge < -0.3 is 15.2 Å². The molecule has 0 amide bonds. The van der Waals surface area contributed by atoms with E-state index in [1.165, 1.54) is 0 Å². The molecule has 1 atom stereocenters. The van der Waals surface area contributed by atoms with Gasteiger partial charge in [-0.25, -0.2) is 0 Å². The van der Waals surface area contributed by atoms with Crippen LogP contribution >= 0.6 is 0 Å². The molecule has 1 aliphatic rings. The Hall–Kier alpha value is -1.77. The average Bonchev–Trinajstić information content (AvgIpc) is 2.46. The molecule has 1 saturated heterocycles. The van der Waals surface area contributed by atoms with Crippen molar-refractivity contribution >= 4 is 0 Å². The van der Waals surface area contributed by atoms with E-state index in [2.05, 4.69) is 16.3 Å². The highest BCUT2D eigenvalue weighted by atomic mass is 16.5. The summed E-state index contributed by atoms with van der Waals surface area (Å²) < 4.78 is 5.33. The Bertz CT molecular complexity index is 464. The zero-order chi connectivity index (χ0) is 13.7. The van der Waals surface area contributed by atoms with Crippen LogP contribution in [0.15, 0.2) is 18.2 Å². The fourth-order valence-electron chi connectivity index (χ4n) is 2.54. The van der Waals surface area contributed by atoms with Crippen molar-refractivity contribution in [1.82, 2.24) is 10.2 Å².